The van der Waals surface area contributed by atoms with Gasteiger partial charge in [-0.3, -0.25) is 0 Å². The molecule has 0 fully saturated rings. The predicted octanol–water partition coefficient (Wildman–Crippen LogP) is 7.69. The number of carbonyl (C=O) groups is 1. The molecule has 2 atom stereocenters. The number of likely N-dealkylation sites (N-methyl/N-ethyl adjacent to an activating group) is 1. The Labute approximate surface area is 214 Å². The van der Waals surface area contributed by atoms with E-state index in [0.29, 0.717) is 10.9 Å². The highest BCUT2D eigenvalue weighted by Gasteiger charge is 2.34. The maximum absolute atomic E-state index is 13.1. The lowest BCUT2D eigenvalue weighted by Gasteiger charge is -2.35. The fraction of sp³-hybridized carbons (Fsp3) is 0.581. The summed E-state index contributed by atoms with van der Waals surface area (Å²) in [4.78, 5) is 13.1. The standard InChI is InChI=1S/C31H48NO3/c1-6-8-9-10-11-12-16-22-28-23-17-18-24-29(28)34-30(19-7-2)35-31(33)26(3)32(4,5)25-27-20-14-13-15-21-27/h13-15,17-18,20-21,23-24,26,30H,6-12,16,19,22,25H2,1-5H3/q+1. The number of carbonyl (C=O) groups excluding carboxylic acids is 1. The molecule has 0 radical (unpaired) electrons. The lowest BCUT2D eigenvalue weighted by molar-refractivity contribution is -0.917. The van der Waals surface area contributed by atoms with E-state index in [-0.39, 0.29) is 12.0 Å². The van der Waals surface area contributed by atoms with Crippen LogP contribution in [0.15, 0.2) is 54.6 Å². The second-order valence-electron chi connectivity index (χ2n) is 10.4. The average Bonchev–Trinajstić information content (AvgIpc) is 2.84. The summed E-state index contributed by atoms with van der Waals surface area (Å²) in [6.07, 6.45) is 11.0. The summed E-state index contributed by atoms with van der Waals surface area (Å²) >= 11 is 0. The number of nitrogens with zero attached hydrogens (tertiary/aromatic N) is 1. The normalized spacial score (nSPS) is 13.3. The summed E-state index contributed by atoms with van der Waals surface area (Å²) in [6.45, 7) is 7.05. The molecule has 0 aromatic heterocycles. The SMILES string of the molecule is CCCCCCCCCc1ccccc1OC(CCC)OC(=O)C(C)[N+](C)(C)Cc1ccccc1. The first-order valence-corrected chi connectivity index (χ1v) is 13.7. The van der Waals surface area contributed by atoms with Crippen molar-refractivity contribution < 1.29 is 18.8 Å². The molecule has 0 bridgehead atoms. The summed E-state index contributed by atoms with van der Waals surface area (Å²) in [7, 11) is 4.15. The minimum absolute atomic E-state index is 0.214. The van der Waals surface area contributed by atoms with Crippen LogP contribution in [0.1, 0.15) is 89.7 Å². The number of ether oxygens (including phenoxy) is 2. The summed E-state index contributed by atoms with van der Waals surface area (Å²) in [6, 6.07) is 18.2. The Morgan fingerprint density at radius 3 is 2.14 bits per heavy atom. The van der Waals surface area contributed by atoms with Crippen molar-refractivity contribution in [2.24, 2.45) is 0 Å². The fourth-order valence-electron chi connectivity index (χ4n) is 4.32. The quantitative estimate of drug-likeness (QED) is 0.100. The van der Waals surface area contributed by atoms with E-state index in [9.17, 15) is 4.79 Å². The van der Waals surface area contributed by atoms with Crippen LogP contribution in [0.5, 0.6) is 5.75 Å². The first-order chi connectivity index (χ1) is 16.9. The van der Waals surface area contributed by atoms with Gasteiger partial charge in [-0.1, -0.05) is 101 Å². The second-order valence-corrected chi connectivity index (χ2v) is 10.4. The largest absolute Gasteiger partial charge is 0.454 e. The second kappa shape index (κ2) is 15.6. The lowest BCUT2D eigenvalue weighted by Crippen LogP contribution is -2.52. The number of benzene rings is 2. The van der Waals surface area contributed by atoms with Crippen LogP contribution in [-0.4, -0.2) is 36.9 Å². The highest BCUT2D eigenvalue weighted by Crippen LogP contribution is 2.24. The smallest absolute Gasteiger partial charge is 0.367 e. The average molecular weight is 483 g/mol. The van der Waals surface area contributed by atoms with Gasteiger partial charge in [0.2, 0.25) is 6.29 Å². The number of esters is 1. The molecule has 0 spiro atoms. The summed E-state index contributed by atoms with van der Waals surface area (Å²) in [5, 5.41) is 0. The minimum atomic E-state index is -0.568. The number of rotatable bonds is 17. The minimum Gasteiger partial charge on any atom is -0.454 e. The molecule has 0 aliphatic rings. The van der Waals surface area contributed by atoms with Crippen LogP contribution in [0.25, 0.3) is 0 Å². The van der Waals surface area contributed by atoms with Gasteiger partial charge in [0, 0.05) is 12.0 Å². The van der Waals surface area contributed by atoms with Gasteiger partial charge in [-0.25, -0.2) is 4.79 Å². The highest BCUT2D eigenvalue weighted by atomic mass is 16.7. The molecule has 0 heterocycles. The number of hydrogen-bond acceptors (Lipinski definition) is 3. The number of unbranched alkanes of at least 4 members (excludes halogenated alkanes) is 6. The zero-order valence-electron chi connectivity index (χ0n) is 22.8. The molecule has 0 amide bonds. The van der Waals surface area contributed by atoms with Gasteiger partial charge in [-0.15, -0.1) is 0 Å². The molecule has 4 nitrogen and oxygen atoms in total. The van der Waals surface area contributed by atoms with Crippen LogP contribution in [-0.2, 0) is 22.5 Å². The van der Waals surface area contributed by atoms with Crippen LogP contribution in [0.2, 0.25) is 0 Å². The van der Waals surface area contributed by atoms with Crippen LogP contribution >= 0.6 is 0 Å². The fourth-order valence-corrected chi connectivity index (χ4v) is 4.32. The summed E-state index contributed by atoms with van der Waals surface area (Å²) in [5.74, 6) is 0.629. The van der Waals surface area contributed by atoms with E-state index in [1.54, 1.807) is 0 Å². The first-order valence-electron chi connectivity index (χ1n) is 13.7. The van der Waals surface area contributed by atoms with Crippen molar-refractivity contribution in [3.05, 3.63) is 65.7 Å². The predicted molar refractivity (Wildman–Crippen MR) is 145 cm³/mol. The van der Waals surface area contributed by atoms with Gasteiger partial charge < -0.3 is 14.0 Å². The zero-order chi connectivity index (χ0) is 25.5. The molecule has 4 heteroatoms. The molecule has 2 aromatic rings. The molecule has 35 heavy (non-hydrogen) atoms. The van der Waals surface area contributed by atoms with Crippen LogP contribution < -0.4 is 4.74 Å². The molecular formula is C31H48NO3+. The Bertz CT molecular complexity index is 849. The summed E-state index contributed by atoms with van der Waals surface area (Å²) < 4.78 is 12.8. The molecular weight excluding hydrogens is 434 g/mol. The van der Waals surface area contributed by atoms with E-state index in [2.05, 4.69) is 52.2 Å². The van der Waals surface area contributed by atoms with Crippen molar-refractivity contribution >= 4 is 5.97 Å². The molecule has 0 aliphatic heterocycles. The van der Waals surface area contributed by atoms with Crippen molar-refractivity contribution in [1.29, 1.82) is 0 Å². The van der Waals surface area contributed by atoms with E-state index in [0.717, 1.165) is 31.6 Å². The molecule has 0 saturated carbocycles. The molecule has 194 valence electrons. The van der Waals surface area contributed by atoms with Gasteiger partial charge >= 0.3 is 5.97 Å². The van der Waals surface area contributed by atoms with Crippen molar-refractivity contribution in [1.82, 2.24) is 0 Å². The maximum atomic E-state index is 13.1. The topological polar surface area (TPSA) is 35.5 Å². The third-order valence-corrected chi connectivity index (χ3v) is 6.88. The Kier molecular flexibility index (Phi) is 12.9. The van der Waals surface area contributed by atoms with Gasteiger partial charge in [0.1, 0.15) is 12.3 Å². The first kappa shape index (κ1) is 28.9. The van der Waals surface area contributed by atoms with Crippen molar-refractivity contribution in [2.75, 3.05) is 14.1 Å². The number of para-hydroxylation sites is 1. The number of aryl methyl sites for hydroxylation is 1. The van der Waals surface area contributed by atoms with Crippen molar-refractivity contribution in [3.63, 3.8) is 0 Å². The van der Waals surface area contributed by atoms with E-state index in [1.807, 2.05) is 37.3 Å². The Hall–Kier alpha value is -2.33. The van der Waals surface area contributed by atoms with E-state index in [4.69, 9.17) is 9.47 Å². The molecule has 0 aliphatic carbocycles. The third-order valence-electron chi connectivity index (χ3n) is 6.88. The van der Waals surface area contributed by atoms with Gasteiger partial charge in [0.25, 0.3) is 0 Å². The maximum Gasteiger partial charge on any atom is 0.367 e. The molecule has 2 unspecified atom stereocenters. The lowest BCUT2D eigenvalue weighted by atomic mass is 10.0. The van der Waals surface area contributed by atoms with Gasteiger partial charge in [0.15, 0.2) is 6.04 Å². The molecule has 0 saturated heterocycles. The van der Waals surface area contributed by atoms with Gasteiger partial charge in [0.05, 0.1) is 14.1 Å². The van der Waals surface area contributed by atoms with Crippen LogP contribution in [0, 0.1) is 0 Å². The number of hydrogen-bond donors (Lipinski definition) is 0. The number of quaternary nitrogens is 1. The van der Waals surface area contributed by atoms with Crippen LogP contribution in [0.3, 0.4) is 0 Å². The Morgan fingerprint density at radius 2 is 1.46 bits per heavy atom. The highest BCUT2D eigenvalue weighted by molar-refractivity contribution is 5.74. The van der Waals surface area contributed by atoms with E-state index in [1.165, 1.54) is 49.7 Å². The monoisotopic (exact) mass is 482 g/mol. The van der Waals surface area contributed by atoms with Gasteiger partial charge in [-0.2, -0.15) is 0 Å². The summed E-state index contributed by atoms with van der Waals surface area (Å²) in [5.41, 5.74) is 2.41. The molecule has 2 aromatic carbocycles. The van der Waals surface area contributed by atoms with E-state index >= 15 is 0 Å². The zero-order valence-corrected chi connectivity index (χ0v) is 22.8. The Balaban J connectivity index is 1.94. The third kappa shape index (κ3) is 10.4. The van der Waals surface area contributed by atoms with Crippen molar-refractivity contribution in [2.45, 2.75) is 104 Å². The van der Waals surface area contributed by atoms with Gasteiger partial charge in [-0.05, 0) is 37.8 Å². The molecule has 2 rings (SSSR count). The van der Waals surface area contributed by atoms with Crippen molar-refractivity contribution in [3.8, 4) is 5.75 Å². The van der Waals surface area contributed by atoms with Crippen LogP contribution in [0.4, 0.5) is 0 Å². The van der Waals surface area contributed by atoms with E-state index < -0.39 is 6.29 Å². The Morgan fingerprint density at radius 1 is 0.829 bits per heavy atom. The molecule has 0 N–H and O–H groups in total.